The summed E-state index contributed by atoms with van der Waals surface area (Å²) < 4.78 is 9.92. The van der Waals surface area contributed by atoms with Crippen molar-refractivity contribution in [2.45, 2.75) is 0 Å². The van der Waals surface area contributed by atoms with Gasteiger partial charge in [-0.05, 0) is 0 Å². The summed E-state index contributed by atoms with van der Waals surface area (Å²) in [7, 11) is 3.26. The summed E-state index contributed by atoms with van der Waals surface area (Å²) >= 11 is 2.83. The number of rotatable bonds is 2. The summed E-state index contributed by atoms with van der Waals surface area (Å²) in [6.45, 7) is 0. The molecule has 2 heterocycles. The van der Waals surface area contributed by atoms with Gasteiger partial charge in [-0.25, -0.2) is 0 Å². The van der Waals surface area contributed by atoms with Crippen molar-refractivity contribution in [3.63, 3.8) is 0 Å². The van der Waals surface area contributed by atoms with Gasteiger partial charge in [-0.3, -0.25) is 0 Å². The minimum absolute atomic E-state index is 0.0370. The summed E-state index contributed by atoms with van der Waals surface area (Å²) in [6, 6.07) is 0. The van der Waals surface area contributed by atoms with Gasteiger partial charge in [0.05, 0.1) is 14.2 Å². The van der Waals surface area contributed by atoms with Crippen LogP contribution >= 0.6 is 22.7 Å². The number of thiophene rings is 2. The average Bonchev–Trinajstić information content (AvgIpc) is 2.89. The molecule has 0 atom stereocenters. The molecule has 0 aliphatic carbocycles. The molecule has 2 aromatic rings. The molecule has 2 rings (SSSR count). The summed E-state index contributed by atoms with van der Waals surface area (Å²) in [5.74, 6) is 1.54. The maximum Gasteiger partial charge on any atom is 0.171 e. The highest BCUT2D eigenvalue weighted by molar-refractivity contribution is 7.08. The van der Waals surface area contributed by atoms with Gasteiger partial charge < -0.3 is 19.7 Å². The first-order chi connectivity index (χ1) is 7.69. The van der Waals surface area contributed by atoms with Crippen LogP contribution in [-0.2, 0) is 0 Å². The molecular formula is C10H12O4S2. The third kappa shape index (κ3) is 3.32. The van der Waals surface area contributed by atoms with Crippen LogP contribution in [0.4, 0.5) is 0 Å². The van der Waals surface area contributed by atoms with Crippen LogP contribution in [-0.4, -0.2) is 24.4 Å². The summed E-state index contributed by atoms with van der Waals surface area (Å²) in [4.78, 5) is 0. The van der Waals surface area contributed by atoms with Crippen molar-refractivity contribution in [1.82, 2.24) is 0 Å². The molecule has 0 saturated heterocycles. The lowest BCUT2D eigenvalue weighted by molar-refractivity contribution is 0.358. The molecule has 0 spiro atoms. The van der Waals surface area contributed by atoms with E-state index in [1.165, 1.54) is 22.1 Å². The van der Waals surface area contributed by atoms with Crippen molar-refractivity contribution in [2.75, 3.05) is 14.2 Å². The fourth-order valence-corrected chi connectivity index (χ4v) is 2.16. The third-order valence-corrected chi connectivity index (χ3v) is 3.07. The van der Waals surface area contributed by atoms with Gasteiger partial charge in [-0.15, -0.1) is 22.7 Å². The van der Waals surface area contributed by atoms with E-state index in [0.29, 0.717) is 0 Å². The second-order valence-electron chi connectivity index (χ2n) is 2.65. The molecule has 0 aliphatic rings. The van der Waals surface area contributed by atoms with Crippen LogP contribution in [0.2, 0.25) is 0 Å². The van der Waals surface area contributed by atoms with Crippen molar-refractivity contribution in [1.29, 1.82) is 0 Å². The van der Waals surface area contributed by atoms with E-state index in [1.807, 2.05) is 10.8 Å². The highest BCUT2D eigenvalue weighted by Gasteiger charge is 2.00. The zero-order chi connectivity index (χ0) is 12.0. The molecule has 0 aromatic carbocycles. The SMILES string of the molecule is COc1cscc1OC.Oc1cscc1O. The number of hydrogen-bond donors (Lipinski definition) is 2. The standard InChI is InChI=1S/C6H8O2S.C4H4O2S/c1-7-5-3-9-4-6(5)8-2;5-3-1-7-2-4(3)6/h3-4H,1-2H3;1-2,5-6H. The molecule has 0 bridgehead atoms. The normalized spacial score (nSPS) is 9.12. The van der Waals surface area contributed by atoms with Crippen LogP contribution in [0.25, 0.3) is 0 Å². The topological polar surface area (TPSA) is 58.9 Å². The van der Waals surface area contributed by atoms with Gasteiger partial charge in [0, 0.05) is 21.5 Å². The number of methoxy groups -OCH3 is 2. The van der Waals surface area contributed by atoms with Gasteiger partial charge in [0.25, 0.3) is 0 Å². The largest absolute Gasteiger partial charge is 0.504 e. The Bertz CT molecular complexity index is 387. The molecule has 0 radical (unpaired) electrons. The summed E-state index contributed by atoms with van der Waals surface area (Å²) in [6.07, 6.45) is 0. The maximum absolute atomic E-state index is 8.52. The Morgan fingerprint density at radius 1 is 0.812 bits per heavy atom. The van der Waals surface area contributed by atoms with Gasteiger partial charge in [-0.1, -0.05) is 0 Å². The quantitative estimate of drug-likeness (QED) is 0.871. The Morgan fingerprint density at radius 2 is 1.19 bits per heavy atom. The van der Waals surface area contributed by atoms with Gasteiger partial charge in [-0.2, -0.15) is 0 Å². The van der Waals surface area contributed by atoms with Gasteiger partial charge in [0.1, 0.15) is 0 Å². The highest BCUT2D eigenvalue weighted by Crippen LogP contribution is 2.30. The van der Waals surface area contributed by atoms with Gasteiger partial charge in [0.15, 0.2) is 23.0 Å². The van der Waals surface area contributed by atoms with E-state index in [2.05, 4.69) is 0 Å². The lowest BCUT2D eigenvalue weighted by Gasteiger charge is -1.98. The van der Waals surface area contributed by atoms with Crippen LogP contribution in [0.5, 0.6) is 23.0 Å². The molecule has 0 saturated carbocycles. The fraction of sp³-hybridized carbons (Fsp3) is 0.200. The molecule has 0 unspecified atom stereocenters. The Kier molecular flexibility index (Phi) is 4.94. The van der Waals surface area contributed by atoms with Crippen LogP contribution in [0.15, 0.2) is 21.5 Å². The van der Waals surface area contributed by atoms with Crippen LogP contribution in [0.1, 0.15) is 0 Å². The second-order valence-corrected chi connectivity index (χ2v) is 4.14. The lowest BCUT2D eigenvalue weighted by atomic mass is 10.5. The van der Waals surface area contributed by atoms with Crippen LogP contribution in [0.3, 0.4) is 0 Å². The number of hydrogen-bond acceptors (Lipinski definition) is 6. The average molecular weight is 260 g/mol. The van der Waals surface area contributed by atoms with E-state index < -0.39 is 0 Å². The molecule has 4 nitrogen and oxygen atoms in total. The highest BCUT2D eigenvalue weighted by atomic mass is 32.1. The first-order valence-corrected chi connectivity index (χ1v) is 6.16. The zero-order valence-electron chi connectivity index (χ0n) is 8.84. The monoisotopic (exact) mass is 260 g/mol. The Hall–Kier alpha value is -1.40. The predicted octanol–water partition coefficient (Wildman–Crippen LogP) is 2.92. The molecule has 0 aliphatic heterocycles. The van der Waals surface area contributed by atoms with Crippen LogP contribution in [0, 0.1) is 0 Å². The third-order valence-electron chi connectivity index (χ3n) is 1.65. The number of aromatic hydroxyl groups is 2. The first-order valence-electron chi connectivity index (χ1n) is 4.27. The second kappa shape index (κ2) is 6.24. The predicted molar refractivity (Wildman–Crippen MR) is 65.1 cm³/mol. The van der Waals surface area contributed by atoms with Crippen molar-refractivity contribution < 1.29 is 19.7 Å². The van der Waals surface area contributed by atoms with E-state index >= 15 is 0 Å². The van der Waals surface area contributed by atoms with E-state index in [-0.39, 0.29) is 11.5 Å². The van der Waals surface area contributed by atoms with Crippen molar-refractivity contribution in [2.24, 2.45) is 0 Å². The molecule has 88 valence electrons. The minimum atomic E-state index is -0.0370. The first kappa shape index (κ1) is 12.7. The molecular weight excluding hydrogens is 248 g/mol. The molecule has 2 aromatic heterocycles. The van der Waals surface area contributed by atoms with Gasteiger partial charge >= 0.3 is 0 Å². The smallest absolute Gasteiger partial charge is 0.171 e. The Labute approximate surface area is 101 Å². The van der Waals surface area contributed by atoms with E-state index in [1.54, 1.807) is 25.6 Å². The minimum Gasteiger partial charge on any atom is -0.504 e. The summed E-state index contributed by atoms with van der Waals surface area (Å²) in [5, 5.41) is 23.8. The Balaban J connectivity index is 0.000000165. The van der Waals surface area contributed by atoms with Gasteiger partial charge in [0.2, 0.25) is 0 Å². The molecule has 0 fully saturated rings. The lowest BCUT2D eigenvalue weighted by Crippen LogP contribution is -1.84. The summed E-state index contributed by atoms with van der Waals surface area (Å²) in [5.41, 5.74) is 0. The Morgan fingerprint density at radius 3 is 1.44 bits per heavy atom. The van der Waals surface area contributed by atoms with E-state index in [4.69, 9.17) is 19.7 Å². The molecule has 16 heavy (non-hydrogen) atoms. The maximum atomic E-state index is 8.52. The van der Waals surface area contributed by atoms with Crippen molar-refractivity contribution in [3.8, 4) is 23.0 Å². The number of ether oxygens (including phenoxy) is 2. The molecule has 6 heteroatoms. The van der Waals surface area contributed by atoms with Crippen molar-refractivity contribution in [3.05, 3.63) is 21.5 Å². The molecule has 2 N–H and O–H groups in total. The molecule has 0 amide bonds. The van der Waals surface area contributed by atoms with Crippen molar-refractivity contribution >= 4 is 22.7 Å². The van der Waals surface area contributed by atoms with E-state index in [9.17, 15) is 0 Å². The zero-order valence-corrected chi connectivity index (χ0v) is 10.5. The van der Waals surface area contributed by atoms with Crippen LogP contribution < -0.4 is 9.47 Å². The van der Waals surface area contributed by atoms with E-state index in [0.717, 1.165) is 11.5 Å². The fourth-order valence-electron chi connectivity index (χ4n) is 0.855.